The number of amides is 1. The molecule has 1 fully saturated rings. The van der Waals surface area contributed by atoms with Crippen molar-refractivity contribution >= 4 is 28.9 Å². The van der Waals surface area contributed by atoms with Crippen molar-refractivity contribution in [2.45, 2.75) is 33.2 Å². The topological polar surface area (TPSA) is 62.5 Å². The van der Waals surface area contributed by atoms with Gasteiger partial charge in [0.05, 0.1) is 5.56 Å². The number of nitrogens with zero attached hydrogens (tertiary/aromatic N) is 3. The van der Waals surface area contributed by atoms with Crippen molar-refractivity contribution in [3.63, 3.8) is 0 Å². The fourth-order valence-electron chi connectivity index (χ4n) is 2.90. The van der Waals surface area contributed by atoms with E-state index in [1.807, 2.05) is 45.7 Å². The van der Waals surface area contributed by atoms with Gasteiger partial charge in [-0.15, -0.1) is 0 Å². The minimum absolute atomic E-state index is 0.0728. The number of nitrogens with two attached hydrogens (primary N) is 1. The molecule has 0 unspecified atom stereocenters. The maximum absolute atomic E-state index is 12.5. The van der Waals surface area contributed by atoms with Gasteiger partial charge in [0.25, 0.3) is 0 Å². The average Bonchev–Trinajstić information content (AvgIpc) is 2.34. The van der Waals surface area contributed by atoms with Crippen LogP contribution in [0.4, 0.5) is 5.82 Å². The van der Waals surface area contributed by atoms with Gasteiger partial charge < -0.3 is 15.5 Å². The van der Waals surface area contributed by atoms with E-state index < -0.39 is 5.54 Å². The molecule has 0 radical (unpaired) electrons. The monoisotopic (exact) mass is 306 g/mol. The first kappa shape index (κ1) is 15.7. The van der Waals surface area contributed by atoms with Crippen molar-refractivity contribution in [1.82, 2.24) is 9.88 Å². The molecule has 5 nitrogen and oxygen atoms in total. The average molecular weight is 306 g/mol. The number of carbonyl (C=O) groups excluding carboxylic acids is 1. The molecule has 0 spiro atoms. The molecule has 1 saturated heterocycles. The Morgan fingerprint density at radius 3 is 2.57 bits per heavy atom. The highest BCUT2D eigenvalue weighted by atomic mass is 32.1. The highest BCUT2D eigenvalue weighted by molar-refractivity contribution is 7.80. The van der Waals surface area contributed by atoms with Gasteiger partial charge in [0.2, 0.25) is 5.91 Å². The zero-order valence-electron chi connectivity index (χ0n) is 13.2. The summed E-state index contributed by atoms with van der Waals surface area (Å²) in [6.45, 7) is 9.10. The standard InChI is InChI=1S/C15H22N4OS/c1-9-8-10(2)17-13(11(9)12(16)21)19-7-6-18(5)14(20)15(19,3)4/h8H,6-7H2,1-5H3,(H2,16,21). The van der Waals surface area contributed by atoms with Crippen LogP contribution in [0.2, 0.25) is 0 Å². The van der Waals surface area contributed by atoms with Gasteiger partial charge in [-0.25, -0.2) is 4.98 Å². The number of anilines is 1. The van der Waals surface area contributed by atoms with E-state index >= 15 is 0 Å². The summed E-state index contributed by atoms with van der Waals surface area (Å²) in [5.41, 5.74) is 7.88. The lowest BCUT2D eigenvalue weighted by Crippen LogP contribution is -2.62. The largest absolute Gasteiger partial charge is 0.389 e. The van der Waals surface area contributed by atoms with Gasteiger partial charge in [0, 0.05) is 25.8 Å². The Morgan fingerprint density at radius 1 is 1.38 bits per heavy atom. The van der Waals surface area contributed by atoms with Crippen molar-refractivity contribution < 1.29 is 4.79 Å². The summed E-state index contributed by atoms with van der Waals surface area (Å²) in [5.74, 6) is 0.787. The van der Waals surface area contributed by atoms with E-state index in [1.165, 1.54) is 0 Å². The second kappa shape index (κ2) is 5.26. The number of thiocarbonyl (C=S) groups is 1. The summed E-state index contributed by atoms with van der Waals surface area (Å²) in [6.07, 6.45) is 0. The minimum atomic E-state index is -0.667. The molecule has 1 aliphatic heterocycles. The number of aryl methyl sites for hydroxylation is 2. The third-order valence-corrected chi connectivity index (χ3v) is 4.24. The fourth-order valence-corrected chi connectivity index (χ4v) is 3.15. The van der Waals surface area contributed by atoms with E-state index in [2.05, 4.69) is 4.98 Å². The molecule has 1 amide bonds. The van der Waals surface area contributed by atoms with Gasteiger partial charge in [-0.05, 0) is 39.3 Å². The van der Waals surface area contributed by atoms with E-state index in [0.717, 1.165) is 16.8 Å². The zero-order valence-corrected chi connectivity index (χ0v) is 14.0. The van der Waals surface area contributed by atoms with Crippen LogP contribution in [0.25, 0.3) is 0 Å². The lowest BCUT2D eigenvalue weighted by atomic mass is 9.96. The SMILES string of the molecule is Cc1cc(C)c(C(N)=S)c(N2CCN(C)C(=O)C2(C)C)n1. The number of hydrogen-bond donors (Lipinski definition) is 1. The third kappa shape index (κ3) is 2.60. The molecular weight excluding hydrogens is 284 g/mol. The molecule has 0 aliphatic carbocycles. The van der Waals surface area contributed by atoms with Crippen LogP contribution in [0.1, 0.15) is 30.7 Å². The summed E-state index contributed by atoms with van der Waals surface area (Å²) in [5, 5.41) is 0. The Balaban J connectivity index is 2.61. The number of carbonyl (C=O) groups is 1. The molecule has 2 rings (SSSR count). The van der Waals surface area contributed by atoms with Crippen LogP contribution in [0.15, 0.2) is 6.07 Å². The summed E-state index contributed by atoms with van der Waals surface area (Å²) >= 11 is 5.19. The van der Waals surface area contributed by atoms with E-state index in [-0.39, 0.29) is 5.91 Å². The Hall–Kier alpha value is -1.69. The molecule has 21 heavy (non-hydrogen) atoms. The van der Waals surface area contributed by atoms with Crippen molar-refractivity contribution in [2.24, 2.45) is 5.73 Å². The van der Waals surface area contributed by atoms with Gasteiger partial charge in [0.15, 0.2) is 0 Å². The van der Waals surface area contributed by atoms with Gasteiger partial charge in [0.1, 0.15) is 16.3 Å². The molecule has 2 heterocycles. The van der Waals surface area contributed by atoms with Crippen molar-refractivity contribution in [3.8, 4) is 0 Å². The van der Waals surface area contributed by atoms with E-state index in [1.54, 1.807) is 4.90 Å². The number of rotatable bonds is 2. The van der Waals surface area contributed by atoms with Gasteiger partial charge in [-0.1, -0.05) is 12.2 Å². The first-order chi connectivity index (χ1) is 9.66. The Morgan fingerprint density at radius 2 is 2.00 bits per heavy atom. The van der Waals surface area contributed by atoms with Crippen LogP contribution in [0.5, 0.6) is 0 Å². The number of aromatic nitrogens is 1. The molecule has 0 bridgehead atoms. The molecule has 114 valence electrons. The fraction of sp³-hybridized carbons (Fsp3) is 0.533. The van der Waals surface area contributed by atoms with Crippen LogP contribution in [-0.2, 0) is 4.79 Å². The molecule has 2 N–H and O–H groups in total. The number of hydrogen-bond acceptors (Lipinski definition) is 4. The molecular formula is C15H22N4OS. The van der Waals surface area contributed by atoms with Gasteiger partial charge in [-0.2, -0.15) is 0 Å². The lowest BCUT2D eigenvalue weighted by Gasteiger charge is -2.46. The molecule has 1 aromatic heterocycles. The first-order valence-electron chi connectivity index (χ1n) is 6.97. The third-order valence-electron chi connectivity index (χ3n) is 4.03. The second-order valence-corrected chi connectivity index (χ2v) is 6.52. The molecule has 6 heteroatoms. The molecule has 1 aromatic rings. The molecule has 1 aliphatic rings. The van der Waals surface area contributed by atoms with Crippen LogP contribution < -0.4 is 10.6 Å². The molecule has 0 saturated carbocycles. The zero-order chi connectivity index (χ0) is 15.9. The van der Waals surface area contributed by atoms with E-state index in [4.69, 9.17) is 18.0 Å². The summed E-state index contributed by atoms with van der Waals surface area (Å²) in [7, 11) is 1.82. The predicted octanol–water partition coefficient (Wildman–Crippen LogP) is 1.39. The first-order valence-corrected chi connectivity index (χ1v) is 7.38. The van der Waals surface area contributed by atoms with Crippen molar-refractivity contribution in [1.29, 1.82) is 0 Å². The normalized spacial score (nSPS) is 18.0. The van der Waals surface area contributed by atoms with E-state index in [0.29, 0.717) is 23.9 Å². The summed E-state index contributed by atoms with van der Waals surface area (Å²) in [6, 6.07) is 1.96. The van der Waals surface area contributed by atoms with Crippen molar-refractivity contribution in [3.05, 3.63) is 22.9 Å². The highest BCUT2D eigenvalue weighted by Gasteiger charge is 2.42. The van der Waals surface area contributed by atoms with Crippen molar-refractivity contribution in [2.75, 3.05) is 25.0 Å². The maximum Gasteiger partial charge on any atom is 0.247 e. The smallest absolute Gasteiger partial charge is 0.247 e. The Kier molecular flexibility index (Phi) is 3.93. The number of likely N-dealkylation sites (N-methyl/N-ethyl adjacent to an activating group) is 1. The highest BCUT2D eigenvalue weighted by Crippen LogP contribution is 2.31. The van der Waals surface area contributed by atoms with Crippen LogP contribution >= 0.6 is 12.2 Å². The molecule has 0 aromatic carbocycles. The van der Waals surface area contributed by atoms with Crippen LogP contribution in [-0.4, -0.2) is 46.5 Å². The Labute approximate surface area is 131 Å². The predicted molar refractivity (Wildman–Crippen MR) is 88.7 cm³/mol. The quantitative estimate of drug-likeness (QED) is 0.837. The van der Waals surface area contributed by atoms with Crippen LogP contribution in [0.3, 0.4) is 0 Å². The number of pyridine rings is 1. The van der Waals surface area contributed by atoms with Gasteiger partial charge in [-0.3, -0.25) is 4.79 Å². The summed E-state index contributed by atoms with van der Waals surface area (Å²) in [4.78, 5) is 21.2. The second-order valence-electron chi connectivity index (χ2n) is 6.08. The maximum atomic E-state index is 12.5. The molecule has 0 atom stereocenters. The van der Waals surface area contributed by atoms with Crippen LogP contribution in [0, 0.1) is 13.8 Å². The van der Waals surface area contributed by atoms with Gasteiger partial charge >= 0.3 is 0 Å². The lowest BCUT2D eigenvalue weighted by molar-refractivity contribution is -0.136. The minimum Gasteiger partial charge on any atom is -0.389 e. The Bertz CT molecular complexity index is 612. The summed E-state index contributed by atoms with van der Waals surface area (Å²) < 4.78 is 0. The van der Waals surface area contributed by atoms with E-state index in [9.17, 15) is 4.79 Å². The number of piperazine rings is 1.